The molecular weight excluding hydrogens is 404 g/mol. The first-order valence-corrected chi connectivity index (χ1v) is 13.2. The highest BCUT2D eigenvalue weighted by Crippen LogP contribution is 2.46. The van der Waals surface area contributed by atoms with Crippen molar-refractivity contribution in [3.8, 4) is 0 Å². The number of β-lactam (4-membered cyclic amide) rings is 1. The number of nitrogens with one attached hydrogen (secondary N) is 1. The Morgan fingerprint density at radius 1 is 1.28 bits per heavy atom. The Bertz CT molecular complexity index is 791. The molecule has 160 valence electrons. The zero-order chi connectivity index (χ0) is 22.1. The topological polar surface area (TPSA) is 81.5 Å². The number of hydrogen-bond donors (Lipinski definition) is 1. The molecule has 0 unspecified atom stereocenters. The summed E-state index contributed by atoms with van der Waals surface area (Å²) >= 11 is 5.70. The lowest BCUT2D eigenvalue weighted by Gasteiger charge is -2.55. The molecule has 0 radical (unpaired) electrons. The van der Waals surface area contributed by atoms with Gasteiger partial charge in [0.1, 0.15) is 0 Å². The number of carbonyl (C=O) groups is 1. The molecule has 0 aromatic heterocycles. The summed E-state index contributed by atoms with van der Waals surface area (Å²) in [6, 6.07) is 6.38. The van der Waals surface area contributed by atoms with E-state index < -0.39 is 19.6 Å². The van der Waals surface area contributed by atoms with Crippen LogP contribution >= 0.6 is 12.2 Å². The minimum absolute atomic E-state index is 0.0120. The molecule has 8 heteroatoms. The molecule has 1 aliphatic heterocycles. The van der Waals surface area contributed by atoms with Crippen LogP contribution in [0, 0.1) is 27.4 Å². The van der Waals surface area contributed by atoms with Gasteiger partial charge in [-0.05, 0) is 31.0 Å². The minimum Gasteiger partial charge on any atom is -0.414 e. The van der Waals surface area contributed by atoms with Crippen LogP contribution in [0.15, 0.2) is 24.3 Å². The van der Waals surface area contributed by atoms with Gasteiger partial charge in [-0.2, -0.15) is 0 Å². The van der Waals surface area contributed by atoms with Crippen molar-refractivity contribution in [3.05, 3.63) is 39.9 Å². The SMILES string of the molecule is C[C@@H](C(=S)Cc1ccc([N+](=O)[O-])cc1)[C@H]1NC(=O)[C@@H]1[C@@](C)(O[SiH](C)C)C(C)(C)C. The van der Waals surface area contributed by atoms with Crippen molar-refractivity contribution in [2.24, 2.45) is 17.3 Å². The molecule has 1 heterocycles. The first-order valence-electron chi connectivity index (χ1n) is 10.0. The Hall–Kier alpha value is -1.64. The van der Waals surface area contributed by atoms with Gasteiger partial charge >= 0.3 is 0 Å². The molecule has 0 spiro atoms. The molecule has 2 rings (SSSR count). The summed E-state index contributed by atoms with van der Waals surface area (Å²) in [6.07, 6.45) is 0.541. The number of amides is 1. The van der Waals surface area contributed by atoms with Crippen molar-refractivity contribution < 1.29 is 14.1 Å². The van der Waals surface area contributed by atoms with E-state index in [-0.39, 0.29) is 34.9 Å². The standard InChI is InChI=1S/C21H32N2O4SSi/c1-13(16(28)12-14-8-10-15(11-9-14)23(25)26)18-17(19(24)22-18)21(5,20(2,3)4)27-29(6)7/h8-11,13,17-18,29H,12H2,1-7H3,(H,22,24)/t13-,17+,18+,21+/m0/s1. The molecule has 1 aromatic rings. The molecule has 0 bridgehead atoms. The Morgan fingerprint density at radius 3 is 2.24 bits per heavy atom. The van der Waals surface area contributed by atoms with Gasteiger partial charge in [-0.1, -0.05) is 52.0 Å². The third kappa shape index (κ3) is 4.92. The van der Waals surface area contributed by atoms with Gasteiger partial charge in [0.05, 0.1) is 22.5 Å². The molecule has 1 amide bonds. The number of hydrogen-bond acceptors (Lipinski definition) is 5. The van der Waals surface area contributed by atoms with Crippen LogP contribution in [0.25, 0.3) is 0 Å². The largest absolute Gasteiger partial charge is 0.414 e. The number of nitro benzene ring substituents is 1. The number of thiocarbonyl (C=S) groups is 1. The Labute approximate surface area is 180 Å². The zero-order valence-corrected chi connectivity index (χ0v) is 20.3. The average molecular weight is 437 g/mol. The number of rotatable bonds is 8. The fraction of sp³-hybridized carbons (Fsp3) is 0.619. The summed E-state index contributed by atoms with van der Waals surface area (Å²) in [4.78, 5) is 23.9. The minimum atomic E-state index is -1.38. The number of carbonyl (C=O) groups excluding carboxylic acids is 1. The van der Waals surface area contributed by atoms with E-state index in [0.717, 1.165) is 10.4 Å². The summed E-state index contributed by atoms with van der Waals surface area (Å²) in [7, 11) is -1.38. The molecule has 0 saturated carbocycles. The Morgan fingerprint density at radius 2 is 1.83 bits per heavy atom. The maximum Gasteiger partial charge on any atom is 0.269 e. The van der Waals surface area contributed by atoms with E-state index in [1.807, 2.05) is 6.92 Å². The molecular formula is C21H32N2O4SSi. The van der Waals surface area contributed by atoms with Crippen molar-refractivity contribution in [3.63, 3.8) is 0 Å². The normalized spacial score (nSPS) is 22.4. The number of non-ortho nitro benzene ring substituents is 1. The maximum absolute atomic E-state index is 12.6. The van der Waals surface area contributed by atoms with Gasteiger partial charge in [-0.15, -0.1) is 0 Å². The molecule has 29 heavy (non-hydrogen) atoms. The Kier molecular flexibility index (Phi) is 7.02. The maximum atomic E-state index is 12.6. The van der Waals surface area contributed by atoms with Crippen LogP contribution in [-0.2, 0) is 15.6 Å². The summed E-state index contributed by atoms with van der Waals surface area (Å²) < 4.78 is 6.46. The lowest BCUT2D eigenvalue weighted by molar-refractivity contribution is -0.384. The van der Waals surface area contributed by atoms with Gasteiger partial charge in [-0.25, -0.2) is 0 Å². The van der Waals surface area contributed by atoms with Gasteiger partial charge in [0.15, 0.2) is 9.04 Å². The molecule has 1 N–H and O–H groups in total. The second-order valence-electron chi connectivity index (χ2n) is 9.39. The second kappa shape index (κ2) is 8.61. The van der Waals surface area contributed by atoms with Crippen LogP contribution in [0.1, 0.15) is 40.2 Å². The van der Waals surface area contributed by atoms with Crippen LogP contribution in [0.4, 0.5) is 5.69 Å². The van der Waals surface area contributed by atoms with Gasteiger partial charge < -0.3 is 9.74 Å². The molecule has 0 aliphatic carbocycles. The van der Waals surface area contributed by atoms with Crippen LogP contribution in [0.3, 0.4) is 0 Å². The average Bonchev–Trinajstić information content (AvgIpc) is 2.57. The quantitative estimate of drug-likeness (QED) is 0.218. The van der Waals surface area contributed by atoms with Crippen LogP contribution < -0.4 is 5.32 Å². The summed E-state index contributed by atoms with van der Waals surface area (Å²) in [5.41, 5.74) is 0.219. The number of benzene rings is 1. The van der Waals surface area contributed by atoms with Crippen molar-refractivity contribution in [1.29, 1.82) is 0 Å². The highest BCUT2D eigenvalue weighted by atomic mass is 32.1. The third-order valence-electron chi connectivity index (χ3n) is 6.09. The van der Waals surface area contributed by atoms with E-state index in [1.54, 1.807) is 12.1 Å². The summed E-state index contributed by atoms with van der Waals surface area (Å²) in [5, 5.41) is 13.9. The van der Waals surface area contributed by atoms with E-state index in [4.69, 9.17) is 16.6 Å². The van der Waals surface area contributed by atoms with Gasteiger partial charge in [0, 0.05) is 29.3 Å². The smallest absolute Gasteiger partial charge is 0.269 e. The second-order valence-corrected chi connectivity index (χ2v) is 12.2. The van der Waals surface area contributed by atoms with Crippen LogP contribution in [-0.4, -0.2) is 36.4 Å². The number of nitrogens with zero attached hydrogens (tertiary/aromatic N) is 1. The van der Waals surface area contributed by atoms with Crippen LogP contribution in [0.5, 0.6) is 0 Å². The fourth-order valence-corrected chi connectivity index (χ4v) is 5.71. The van der Waals surface area contributed by atoms with Crippen LogP contribution in [0.2, 0.25) is 13.1 Å². The lowest BCUT2D eigenvalue weighted by atomic mass is 9.62. The van der Waals surface area contributed by atoms with Gasteiger partial charge in [0.2, 0.25) is 5.91 Å². The van der Waals surface area contributed by atoms with Crippen molar-refractivity contribution in [2.45, 2.75) is 65.8 Å². The number of nitro groups is 1. The Balaban J connectivity index is 2.18. The third-order valence-corrected chi connectivity index (χ3v) is 7.56. The highest BCUT2D eigenvalue weighted by molar-refractivity contribution is 7.80. The summed E-state index contributed by atoms with van der Waals surface area (Å²) in [6.45, 7) is 14.7. The van der Waals surface area contributed by atoms with Gasteiger partial charge in [0.25, 0.3) is 5.69 Å². The molecule has 1 aliphatic rings. The zero-order valence-electron chi connectivity index (χ0n) is 18.3. The predicted molar refractivity (Wildman–Crippen MR) is 122 cm³/mol. The van der Waals surface area contributed by atoms with Gasteiger partial charge in [-0.3, -0.25) is 14.9 Å². The molecule has 4 atom stereocenters. The predicted octanol–water partition coefficient (Wildman–Crippen LogP) is 4.06. The van der Waals surface area contributed by atoms with E-state index in [2.05, 4.69) is 46.1 Å². The van der Waals surface area contributed by atoms with E-state index >= 15 is 0 Å². The molecule has 6 nitrogen and oxygen atoms in total. The van der Waals surface area contributed by atoms with Crippen molar-refractivity contribution in [2.75, 3.05) is 0 Å². The van der Waals surface area contributed by atoms with Crippen molar-refractivity contribution >= 4 is 37.7 Å². The first kappa shape index (κ1) is 23.6. The molecule has 1 aromatic carbocycles. The van der Waals surface area contributed by atoms with E-state index in [1.165, 1.54) is 12.1 Å². The fourth-order valence-electron chi connectivity index (χ4n) is 3.91. The summed E-state index contributed by atoms with van der Waals surface area (Å²) in [5.74, 6) is -0.253. The highest BCUT2D eigenvalue weighted by Gasteiger charge is 2.58. The van der Waals surface area contributed by atoms with E-state index in [0.29, 0.717) is 6.42 Å². The first-order chi connectivity index (χ1) is 13.3. The monoisotopic (exact) mass is 436 g/mol. The van der Waals surface area contributed by atoms with Crippen molar-refractivity contribution in [1.82, 2.24) is 5.32 Å². The lowest BCUT2D eigenvalue weighted by Crippen LogP contribution is -2.72. The van der Waals surface area contributed by atoms with E-state index in [9.17, 15) is 14.9 Å². The molecule has 1 saturated heterocycles. The molecule has 1 fully saturated rings.